The SMILES string of the molecule is O=C(NCC1CC1)c1c(CC(=O)C2CC2)sc2c1CC(C(=O)N1CC(O)C1)CC2. The molecule has 4 aliphatic rings. The van der Waals surface area contributed by atoms with Crippen molar-refractivity contribution in [2.45, 2.75) is 57.5 Å². The number of β-amino-alcohol motifs (C(OH)–C–C–N with tert-alkyl or cyclic N) is 1. The van der Waals surface area contributed by atoms with Gasteiger partial charge in [0.05, 0.1) is 11.7 Å². The molecule has 1 aliphatic heterocycles. The van der Waals surface area contributed by atoms with Gasteiger partial charge >= 0.3 is 0 Å². The van der Waals surface area contributed by atoms with Crippen LogP contribution in [0.5, 0.6) is 0 Å². The smallest absolute Gasteiger partial charge is 0.252 e. The first kappa shape index (κ1) is 19.2. The lowest BCUT2D eigenvalue weighted by atomic mass is 9.84. The van der Waals surface area contributed by atoms with Crippen LogP contribution in [0.2, 0.25) is 0 Å². The van der Waals surface area contributed by atoms with Crippen molar-refractivity contribution < 1.29 is 19.5 Å². The molecule has 3 aliphatic carbocycles. The minimum atomic E-state index is -0.400. The summed E-state index contributed by atoms with van der Waals surface area (Å²) in [6, 6.07) is 0. The monoisotopic (exact) mass is 416 g/mol. The summed E-state index contributed by atoms with van der Waals surface area (Å²) < 4.78 is 0. The number of carbonyl (C=O) groups excluding carboxylic acids is 3. The zero-order valence-electron chi connectivity index (χ0n) is 16.6. The Morgan fingerprint density at radius 3 is 2.48 bits per heavy atom. The summed E-state index contributed by atoms with van der Waals surface area (Å²) in [5.74, 6) is 0.918. The third kappa shape index (κ3) is 3.99. The predicted molar refractivity (Wildman–Crippen MR) is 109 cm³/mol. The van der Waals surface area contributed by atoms with Gasteiger partial charge in [-0.05, 0) is 56.4 Å². The first-order valence-electron chi connectivity index (χ1n) is 10.9. The minimum Gasteiger partial charge on any atom is -0.389 e. The second kappa shape index (κ2) is 7.51. The van der Waals surface area contributed by atoms with Gasteiger partial charge in [-0.3, -0.25) is 14.4 Å². The van der Waals surface area contributed by atoms with E-state index in [1.807, 2.05) is 0 Å². The van der Waals surface area contributed by atoms with Gasteiger partial charge < -0.3 is 15.3 Å². The molecule has 0 aromatic carbocycles. The number of amides is 2. The van der Waals surface area contributed by atoms with Crippen molar-refractivity contribution in [3.8, 4) is 0 Å². The van der Waals surface area contributed by atoms with Gasteiger partial charge in [0.2, 0.25) is 5.91 Å². The molecule has 0 radical (unpaired) electrons. The van der Waals surface area contributed by atoms with Crippen molar-refractivity contribution in [1.29, 1.82) is 0 Å². The number of nitrogens with zero attached hydrogens (tertiary/aromatic N) is 1. The molecule has 1 aromatic rings. The molecule has 29 heavy (non-hydrogen) atoms. The van der Waals surface area contributed by atoms with E-state index >= 15 is 0 Å². The van der Waals surface area contributed by atoms with Gasteiger partial charge in [0.15, 0.2) is 0 Å². The molecule has 2 N–H and O–H groups in total. The van der Waals surface area contributed by atoms with Crippen molar-refractivity contribution in [1.82, 2.24) is 10.2 Å². The Morgan fingerprint density at radius 2 is 1.83 bits per heavy atom. The van der Waals surface area contributed by atoms with E-state index < -0.39 is 6.10 Å². The zero-order valence-corrected chi connectivity index (χ0v) is 17.4. The molecule has 2 heterocycles. The maximum atomic E-state index is 13.1. The molecule has 0 spiro atoms. The average molecular weight is 417 g/mol. The lowest BCUT2D eigenvalue weighted by Gasteiger charge is -2.39. The van der Waals surface area contributed by atoms with E-state index in [2.05, 4.69) is 5.32 Å². The van der Waals surface area contributed by atoms with Crippen LogP contribution >= 0.6 is 11.3 Å². The van der Waals surface area contributed by atoms with Crippen molar-refractivity contribution in [2.75, 3.05) is 19.6 Å². The molecule has 6 nitrogen and oxygen atoms in total. The number of hydrogen-bond acceptors (Lipinski definition) is 5. The Bertz CT molecular complexity index is 849. The fourth-order valence-corrected chi connectivity index (χ4v) is 5.85. The second-order valence-corrected chi connectivity index (χ2v) is 10.4. The van der Waals surface area contributed by atoms with E-state index in [1.165, 1.54) is 17.7 Å². The number of thiophene rings is 1. The maximum absolute atomic E-state index is 13.1. The molecular weight excluding hydrogens is 388 g/mol. The first-order chi connectivity index (χ1) is 14.0. The van der Waals surface area contributed by atoms with Gasteiger partial charge in [0, 0.05) is 47.6 Å². The second-order valence-electron chi connectivity index (χ2n) is 9.21. The Kier molecular flexibility index (Phi) is 4.98. The van der Waals surface area contributed by atoms with Gasteiger partial charge in [0.1, 0.15) is 5.78 Å². The average Bonchev–Trinajstić information content (AvgIpc) is 3.58. The summed E-state index contributed by atoms with van der Waals surface area (Å²) in [6.45, 7) is 1.54. The highest BCUT2D eigenvalue weighted by Crippen LogP contribution is 2.40. The van der Waals surface area contributed by atoms with E-state index in [4.69, 9.17) is 0 Å². The van der Waals surface area contributed by atoms with Crippen LogP contribution in [0, 0.1) is 17.8 Å². The molecule has 7 heteroatoms. The molecule has 2 saturated carbocycles. The summed E-state index contributed by atoms with van der Waals surface area (Å²) in [5.41, 5.74) is 1.67. The number of nitrogens with one attached hydrogen (secondary N) is 1. The highest BCUT2D eigenvalue weighted by molar-refractivity contribution is 7.12. The van der Waals surface area contributed by atoms with Crippen molar-refractivity contribution in [3.63, 3.8) is 0 Å². The fraction of sp³-hybridized carbons (Fsp3) is 0.682. The van der Waals surface area contributed by atoms with E-state index in [0.717, 1.165) is 36.1 Å². The zero-order chi connectivity index (χ0) is 20.1. The molecule has 3 fully saturated rings. The fourth-order valence-electron chi connectivity index (χ4n) is 4.49. The number of Topliss-reactive ketones (excluding diaryl/α,β-unsaturated/α-hetero) is 1. The van der Waals surface area contributed by atoms with Crippen LogP contribution in [-0.4, -0.2) is 53.3 Å². The largest absolute Gasteiger partial charge is 0.389 e. The Labute approximate surface area is 174 Å². The van der Waals surface area contributed by atoms with Crippen LogP contribution in [0.3, 0.4) is 0 Å². The summed E-state index contributed by atoms with van der Waals surface area (Å²) in [7, 11) is 0. The standard InChI is InChI=1S/C22H28N2O4S/c25-15-10-24(11-15)22(28)14-5-6-18-16(7-14)20(21(27)23-9-12-1-2-12)19(29-18)8-17(26)13-3-4-13/h12-15,25H,1-11H2,(H,23,27). The number of aliphatic hydroxyl groups is 1. The summed E-state index contributed by atoms with van der Waals surface area (Å²) in [5, 5.41) is 12.6. The minimum absolute atomic E-state index is 0.0690. The lowest BCUT2D eigenvalue weighted by Crippen LogP contribution is -2.55. The van der Waals surface area contributed by atoms with Crippen LogP contribution < -0.4 is 5.32 Å². The van der Waals surface area contributed by atoms with Gasteiger partial charge in [-0.1, -0.05) is 0 Å². The van der Waals surface area contributed by atoms with Crippen molar-refractivity contribution in [3.05, 3.63) is 20.9 Å². The molecule has 2 amide bonds. The van der Waals surface area contributed by atoms with Gasteiger partial charge in [-0.2, -0.15) is 0 Å². The molecule has 1 saturated heterocycles. The van der Waals surface area contributed by atoms with Crippen molar-refractivity contribution in [2.24, 2.45) is 17.8 Å². The number of rotatable bonds is 7. The third-order valence-electron chi connectivity index (χ3n) is 6.70. The molecule has 1 unspecified atom stereocenters. The van der Waals surface area contributed by atoms with Gasteiger partial charge in [-0.15, -0.1) is 11.3 Å². The van der Waals surface area contributed by atoms with E-state index in [-0.39, 0.29) is 29.4 Å². The highest BCUT2D eigenvalue weighted by atomic mass is 32.1. The molecular formula is C22H28N2O4S. The van der Waals surface area contributed by atoms with Gasteiger partial charge in [-0.25, -0.2) is 0 Å². The van der Waals surface area contributed by atoms with Crippen LogP contribution in [-0.2, 0) is 28.9 Å². The molecule has 1 aromatic heterocycles. The molecule has 5 rings (SSSR count). The van der Waals surface area contributed by atoms with Crippen LogP contribution in [0.4, 0.5) is 0 Å². The van der Waals surface area contributed by atoms with E-state index in [0.29, 0.717) is 44.0 Å². The number of ketones is 1. The summed E-state index contributed by atoms with van der Waals surface area (Å²) in [4.78, 5) is 42.1. The Hall–Kier alpha value is -1.73. The van der Waals surface area contributed by atoms with Crippen LogP contribution in [0.1, 0.15) is 57.8 Å². The first-order valence-corrected chi connectivity index (χ1v) is 11.7. The number of fused-ring (bicyclic) bond motifs is 1. The summed E-state index contributed by atoms with van der Waals surface area (Å²) in [6.07, 6.45) is 6.39. The number of hydrogen-bond donors (Lipinski definition) is 2. The predicted octanol–water partition coefficient (Wildman–Crippen LogP) is 1.72. The number of carbonyl (C=O) groups is 3. The van der Waals surface area contributed by atoms with Crippen LogP contribution in [0.15, 0.2) is 0 Å². The lowest BCUT2D eigenvalue weighted by molar-refractivity contribution is -0.146. The van der Waals surface area contributed by atoms with Crippen LogP contribution in [0.25, 0.3) is 0 Å². The molecule has 156 valence electrons. The summed E-state index contributed by atoms with van der Waals surface area (Å²) >= 11 is 1.61. The Balaban J connectivity index is 1.37. The molecule has 0 bridgehead atoms. The maximum Gasteiger partial charge on any atom is 0.252 e. The number of aliphatic hydroxyl groups excluding tert-OH is 1. The van der Waals surface area contributed by atoms with E-state index in [9.17, 15) is 19.5 Å². The normalized spacial score (nSPS) is 24.0. The number of likely N-dealkylation sites (tertiary alicyclic amines) is 1. The van der Waals surface area contributed by atoms with Crippen molar-refractivity contribution >= 4 is 28.9 Å². The topological polar surface area (TPSA) is 86.7 Å². The van der Waals surface area contributed by atoms with E-state index in [1.54, 1.807) is 16.2 Å². The quantitative estimate of drug-likeness (QED) is 0.709. The van der Waals surface area contributed by atoms with Gasteiger partial charge in [0.25, 0.3) is 5.91 Å². The Morgan fingerprint density at radius 1 is 1.07 bits per heavy atom. The number of aryl methyl sites for hydroxylation is 1. The molecule has 1 atom stereocenters. The third-order valence-corrected chi connectivity index (χ3v) is 7.99. The highest BCUT2D eigenvalue weighted by Gasteiger charge is 2.38.